The van der Waals surface area contributed by atoms with Crippen molar-refractivity contribution < 1.29 is 14.3 Å². The van der Waals surface area contributed by atoms with Gasteiger partial charge in [0.25, 0.3) is 0 Å². The third-order valence-electron chi connectivity index (χ3n) is 4.30. The molecule has 27 heavy (non-hydrogen) atoms. The Kier molecular flexibility index (Phi) is 5.91. The summed E-state index contributed by atoms with van der Waals surface area (Å²) in [5.41, 5.74) is 3.25. The first-order chi connectivity index (χ1) is 13.0. The average molecular weight is 385 g/mol. The van der Waals surface area contributed by atoms with Crippen LogP contribution in [0, 0.1) is 6.92 Å². The lowest BCUT2D eigenvalue weighted by Crippen LogP contribution is -2.15. The minimum absolute atomic E-state index is 0.129. The third-order valence-corrected chi connectivity index (χ3v) is 5.49. The molecule has 3 heterocycles. The second-order valence-corrected chi connectivity index (χ2v) is 7.29. The number of anilines is 1. The topological polar surface area (TPSA) is 72.7 Å². The molecule has 6 nitrogen and oxygen atoms in total. The zero-order valence-electron chi connectivity index (χ0n) is 15.7. The van der Waals surface area contributed by atoms with E-state index in [-0.39, 0.29) is 5.91 Å². The number of esters is 1. The normalized spacial score (nSPS) is 10.9. The van der Waals surface area contributed by atoms with Crippen LogP contribution in [0.2, 0.25) is 0 Å². The molecular weight excluding hydrogens is 362 g/mol. The summed E-state index contributed by atoms with van der Waals surface area (Å²) in [6.07, 6.45) is 3.64. The van der Waals surface area contributed by atoms with Gasteiger partial charge in [-0.2, -0.15) is 0 Å². The van der Waals surface area contributed by atoms with Crippen molar-refractivity contribution in [1.29, 1.82) is 0 Å². The molecule has 0 radical (unpaired) electrons. The molecule has 1 amide bonds. The van der Waals surface area contributed by atoms with Gasteiger partial charge in [-0.1, -0.05) is 13.0 Å². The van der Waals surface area contributed by atoms with Crippen LogP contribution in [0.3, 0.4) is 0 Å². The molecule has 142 valence electrons. The number of carbonyl (C=O) groups is 2. The predicted molar refractivity (Wildman–Crippen MR) is 107 cm³/mol. The molecule has 0 aromatic carbocycles. The van der Waals surface area contributed by atoms with Gasteiger partial charge in [-0.15, -0.1) is 11.3 Å². The number of hydrogen-bond acceptors (Lipinski definition) is 5. The van der Waals surface area contributed by atoms with Crippen molar-refractivity contribution in [3.8, 4) is 0 Å². The molecule has 3 aromatic heterocycles. The molecular formula is C20H23N3O3S. The molecule has 0 aliphatic rings. The van der Waals surface area contributed by atoms with Crippen LogP contribution in [0.1, 0.15) is 46.9 Å². The van der Waals surface area contributed by atoms with E-state index in [9.17, 15) is 9.59 Å². The predicted octanol–water partition coefficient (Wildman–Crippen LogP) is 4.01. The number of nitrogens with zero attached hydrogens (tertiary/aromatic N) is 2. The number of fused-ring (bicyclic) bond motifs is 1. The van der Waals surface area contributed by atoms with E-state index in [1.807, 2.05) is 42.6 Å². The Balaban J connectivity index is 1.71. The van der Waals surface area contributed by atoms with Gasteiger partial charge in [-0.05, 0) is 44.9 Å². The smallest absolute Gasteiger partial charge is 0.341 e. The Morgan fingerprint density at radius 3 is 2.85 bits per heavy atom. The highest BCUT2D eigenvalue weighted by Gasteiger charge is 2.19. The fourth-order valence-electron chi connectivity index (χ4n) is 2.96. The van der Waals surface area contributed by atoms with E-state index >= 15 is 0 Å². The summed E-state index contributed by atoms with van der Waals surface area (Å²) in [6, 6.07) is 7.63. The number of pyridine rings is 1. The molecule has 0 unspecified atom stereocenters. The first-order valence-corrected chi connectivity index (χ1v) is 9.87. The molecule has 0 aliphatic heterocycles. The molecule has 0 spiro atoms. The summed E-state index contributed by atoms with van der Waals surface area (Å²) in [6.45, 7) is 6.03. The molecule has 7 heteroatoms. The van der Waals surface area contributed by atoms with Crippen LogP contribution < -0.4 is 5.32 Å². The van der Waals surface area contributed by atoms with Crippen LogP contribution in [0.4, 0.5) is 5.00 Å². The van der Waals surface area contributed by atoms with Gasteiger partial charge in [-0.3, -0.25) is 4.79 Å². The van der Waals surface area contributed by atoms with E-state index in [0.29, 0.717) is 30.0 Å². The molecule has 0 bridgehead atoms. The lowest BCUT2D eigenvalue weighted by molar-refractivity contribution is -0.116. The summed E-state index contributed by atoms with van der Waals surface area (Å²) in [7, 11) is 0. The number of rotatable bonds is 7. The second-order valence-electron chi connectivity index (χ2n) is 6.15. The van der Waals surface area contributed by atoms with Gasteiger partial charge in [0.15, 0.2) is 0 Å². The number of ether oxygens (including phenoxy) is 1. The molecule has 0 fully saturated rings. The molecule has 0 atom stereocenters. The van der Waals surface area contributed by atoms with Gasteiger partial charge in [-0.25, -0.2) is 9.78 Å². The summed E-state index contributed by atoms with van der Waals surface area (Å²) in [5.74, 6) is -0.531. The van der Waals surface area contributed by atoms with E-state index in [1.54, 1.807) is 13.0 Å². The second kappa shape index (κ2) is 8.35. The summed E-state index contributed by atoms with van der Waals surface area (Å²) < 4.78 is 7.10. The van der Waals surface area contributed by atoms with E-state index in [0.717, 1.165) is 28.3 Å². The maximum Gasteiger partial charge on any atom is 0.341 e. The summed E-state index contributed by atoms with van der Waals surface area (Å²) in [5, 5.41) is 3.44. The van der Waals surface area contributed by atoms with Gasteiger partial charge < -0.3 is 14.5 Å². The third kappa shape index (κ3) is 4.19. The first-order valence-electron chi connectivity index (χ1n) is 9.05. The number of thiophene rings is 1. The van der Waals surface area contributed by atoms with Crippen LogP contribution in [0.5, 0.6) is 0 Å². The Labute approximate surface area is 162 Å². The van der Waals surface area contributed by atoms with Crippen molar-refractivity contribution in [3.05, 3.63) is 52.3 Å². The zero-order chi connectivity index (χ0) is 19.4. The Morgan fingerprint density at radius 2 is 2.11 bits per heavy atom. The first kappa shape index (κ1) is 19.1. The minimum Gasteiger partial charge on any atom is -0.462 e. The zero-order valence-corrected chi connectivity index (χ0v) is 16.6. The number of hydrogen-bond donors (Lipinski definition) is 1. The molecule has 0 saturated carbocycles. The van der Waals surface area contributed by atoms with Crippen LogP contribution in [0.25, 0.3) is 5.65 Å². The van der Waals surface area contributed by atoms with Crippen molar-refractivity contribution in [2.75, 3.05) is 11.9 Å². The van der Waals surface area contributed by atoms with Crippen LogP contribution >= 0.6 is 11.3 Å². The number of aryl methyl sites for hydroxylation is 3. The minimum atomic E-state index is -0.402. The number of carbonyl (C=O) groups excluding carboxylic acids is 2. The van der Waals surface area contributed by atoms with E-state index < -0.39 is 5.97 Å². The lowest BCUT2D eigenvalue weighted by atomic mass is 10.2. The number of nitrogens with one attached hydrogen (secondary N) is 1. The standard InChI is InChI=1S/C20H23N3O3S/c1-4-14-12-15(20(25)26-5-2)19(27-14)22-18(24)10-9-16-13(3)21-17-8-6-7-11-23(16)17/h6-8,11-12H,4-5,9-10H2,1-3H3,(H,22,24). The number of imidazole rings is 1. The fraction of sp³-hybridized carbons (Fsp3) is 0.350. The van der Waals surface area contributed by atoms with Crippen molar-refractivity contribution in [1.82, 2.24) is 9.38 Å². The maximum absolute atomic E-state index is 12.5. The molecule has 0 saturated heterocycles. The average Bonchev–Trinajstić information content (AvgIpc) is 3.20. The lowest BCUT2D eigenvalue weighted by Gasteiger charge is -2.07. The monoisotopic (exact) mass is 385 g/mol. The largest absolute Gasteiger partial charge is 0.462 e. The SMILES string of the molecule is CCOC(=O)c1cc(CC)sc1NC(=O)CCc1c(C)nc2ccccn12. The number of aromatic nitrogens is 2. The Morgan fingerprint density at radius 1 is 1.30 bits per heavy atom. The van der Waals surface area contributed by atoms with Gasteiger partial charge in [0.1, 0.15) is 10.6 Å². The Hall–Kier alpha value is -2.67. The van der Waals surface area contributed by atoms with Gasteiger partial charge in [0.05, 0.1) is 17.9 Å². The highest BCUT2D eigenvalue weighted by Crippen LogP contribution is 2.29. The van der Waals surface area contributed by atoms with Crippen LogP contribution in [-0.4, -0.2) is 27.9 Å². The van der Waals surface area contributed by atoms with E-state index in [2.05, 4.69) is 10.3 Å². The van der Waals surface area contributed by atoms with Gasteiger partial charge in [0.2, 0.25) is 5.91 Å². The molecule has 3 aromatic rings. The van der Waals surface area contributed by atoms with E-state index in [1.165, 1.54) is 11.3 Å². The fourth-order valence-corrected chi connectivity index (χ4v) is 3.96. The van der Waals surface area contributed by atoms with Crippen molar-refractivity contribution in [2.24, 2.45) is 0 Å². The van der Waals surface area contributed by atoms with Crippen molar-refractivity contribution in [3.63, 3.8) is 0 Å². The quantitative estimate of drug-likeness (QED) is 0.624. The van der Waals surface area contributed by atoms with Crippen LogP contribution in [-0.2, 0) is 22.4 Å². The Bertz CT molecular complexity index is 974. The molecule has 0 aliphatic carbocycles. The van der Waals surface area contributed by atoms with E-state index in [4.69, 9.17) is 4.74 Å². The van der Waals surface area contributed by atoms with Crippen molar-refractivity contribution in [2.45, 2.75) is 40.0 Å². The van der Waals surface area contributed by atoms with Crippen LogP contribution in [0.15, 0.2) is 30.5 Å². The van der Waals surface area contributed by atoms with Gasteiger partial charge in [0, 0.05) is 23.2 Å². The maximum atomic E-state index is 12.5. The molecule has 3 rings (SSSR count). The summed E-state index contributed by atoms with van der Waals surface area (Å²) >= 11 is 1.42. The highest BCUT2D eigenvalue weighted by atomic mass is 32.1. The summed E-state index contributed by atoms with van der Waals surface area (Å²) in [4.78, 5) is 30.2. The highest BCUT2D eigenvalue weighted by molar-refractivity contribution is 7.16. The molecule has 1 N–H and O–H groups in total. The van der Waals surface area contributed by atoms with Gasteiger partial charge >= 0.3 is 5.97 Å². The van der Waals surface area contributed by atoms with Crippen molar-refractivity contribution >= 4 is 33.9 Å². The number of amides is 1.